The second kappa shape index (κ2) is 5.10. The van der Waals surface area contributed by atoms with Gasteiger partial charge in [-0.15, -0.1) is 0 Å². The number of hydrogen-bond donors (Lipinski definition) is 1. The standard InChI is InChI=1S/C15H15NO3/c1-9-6-10(2)11(3)13(7-9)19-14-5-4-12(8-16-14)15(17)18/h4-8H,1-3H3,(H,17,18). The van der Waals surface area contributed by atoms with Crippen LogP contribution in [0, 0.1) is 20.8 Å². The number of carboxylic acids is 1. The lowest BCUT2D eigenvalue weighted by Crippen LogP contribution is -1.98. The number of ether oxygens (including phenoxy) is 1. The second-order valence-corrected chi connectivity index (χ2v) is 4.50. The molecule has 0 fully saturated rings. The van der Waals surface area contributed by atoms with Gasteiger partial charge in [0.05, 0.1) is 5.56 Å². The van der Waals surface area contributed by atoms with Crippen LogP contribution in [0.15, 0.2) is 30.5 Å². The van der Waals surface area contributed by atoms with Gasteiger partial charge in [-0.05, 0) is 49.6 Å². The van der Waals surface area contributed by atoms with Crippen molar-refractivity contribution in [2.75, 3.05) is 0 Å². The number of pyridine rings is 1. The third kappa shape index (κ3) is 2.91. The van der Waals surface area contributed by atoms with Gasteiger partial charge in [-0.2, -0.15) is 0 Å². The smallest absolute Gasteiger partial charge is 0.337 e. The van der Waals surface area contributed by atoms with Crippen LogP contribution in [0.25, 0.3) is 0 Å². The number of aromatic nitrogens is 1. The number of carboxylic acid groups (broad SMARTS) is 1. The summed E-state index contributed by atoms with van der Waals surface area (Å²) in [5, 5.41) is 8.80. The van der Waals surface area contributed by atoms with E-state index < -0.39 is 5.97 Å². The number of rotatable bonds is 3. The summed E-state index contributed by atoms with van der Waals surface area (Å²) in [6.07, 6.45) is 1.29. The van der Waals surface area contributed by atoms with Crippen molar-refractivity contribution in [3.8, 4) is 11.6 Å². The van der Waals surface area contributed by atoms with Gasteiger partial charge in [0.2, 0.25) is 5.88 Å². The minimum absolute atomic E-state index is 0.143. The molecule has 0 radical (unpaired) electrons. The molecule has 0 aliphatic heterocycles. The molecule has 98 valence electrons. The van der Waals surface area contributed by atoms with Crippen molar-refractivity contribution in [3.05, 3.63) is 52.7 Å². The zero-order valence-electron chi connectivity index (χ0n) is 11.1. The third-order valence-electron chi connectivity index (χ3n) is 2.96. The largest absolute Gasteiger partial charge is 0.478 e. The highest BCUT2D eigenvalue weighted by atomic mass is 16.5. The van der Waals surface area contributed by atoms with Gasteiger partial charge in [-0.3, -0.25) is 0 Å². The SMILES string of the molecule is Cc1cc(C)c(C)c(Oc2ccc(C(=O)O)cn2)c1. The maximum atomic E-state index is 10.7. The summed E-state index contributed by atoms with van der Waals surface area (Å²) >= 11 is 0. The van der Waals surface area contributed by atoms with Crippen molar-refractivity contribution in [3.63, 3.8) is 0 Å². The normalized spacial score (nSPS) is 10.3. The molecule has 0 saturated heterocycles. The van der Waals surface area contributed by atoms with Gasteiger partial charge in [0.15, 0.2) is 0 Å². The summed E-state index contributed by atoms with van der Waals surface area (Å²) in [5.41, 5.74) is 3.46. The molecular weight excluding hydrogens is 242 g/mol. The van der Waals surface area contributed by atoms with Crippen molar-refractivity contribution in [1.29, 1.82) is 0 Å². The van der Waals surface area contributed by atoms with E-state index in [0.717, 1.165) is 22.4 Å². The fraction of sp³-hybridized carbons (Fsp3) is 0.200. The highest BCUT2D eigenvalue weighted by molar-refractivity contribution is 5.87. The van der Waals surface area contributed by atoms with Crippen molar-refractivity contribution in [2.45, 2.75) is 20.8 Å². The van der Waals surface area contributed by atoms with Crippen molar-refractivity contribution in [2.24, 2.45) is 0 Å². The zero-order chi connectivity index (χ0) is 14.0. The number of hydrogen-bond acceptors (Lipinski definition) is 3. The first kappa shape index (κ1) is 13.1. The van der Waals surface area contributed by atoms with Crippen molar-refractivity contribution < 1.29 is 14.6 Å². The summed E-state index contributed by atoms with van der Waals surface area (Å²) < 4.78 is 5.70. The first-order valence-corrected chi connectivity index (χ1v) is 5.92. The molecule has 1 N–H and O–H groups in total. The van der Waals surface area contributed by atoms with E-state index in [1.54, 1.807) is 6.07 Å². The average molecular weight is 257 g/mol. The summed E-state index contributed by atoms with van der Waals surface area (Å²) in [6.45, 7) is 6.01. The van der Waals surface area contributed by atoms with Gasteiger partial charge in [-0.1, -0.05) is 6.07 Å². The second-order valence-electron chi connectivity index (χ2n) is 4.50. The first-order valence-electron chi connectivity index (χ1n) is 5.92. The van der Waals surface area contributed by atoms with Crippen LogP contribution in [-0.2, 0) is 0 Å². The lowest BCUT2D eigenvalue weighted by atomic mass is 10.1. The predicted octanol–water partition coefficient (Wildman–Crippen LogP) is 3.50. The molecule has 1 aromatic heterocycles. The Bertz CT molecular complexity index is 618. The van der Waals surface area contributed by atoms with Crippen LogP contribution in [0.1, 0.15) is 27.0 Å². The number of aryl methyl sites for hydroxylation is 2. The monoisotopic (exact) mass is 257 g/mol. The van der Waals surface area contributed by atoms with Gasteiger partial charge in [0.1, 0.15) is 5.75 Å². The van der Waals surface area contributed by atoms with E-state index in [2.05, 4.69) is 11.1 Å². The van der Waals surface area contributed by atoms with E-state index in [9.17, 15) is 4.79 Å². The highest BCUT2D eigenvalue weighted by Gasteiger charge is 2.07. The van der Waals surface area contributed by atoms with Crippen LogP contribution in [0.2, 0.25) is 0 Å². The lowest BCUT2D eigenvalue weighted by Gasteiger charge is -2.11. The lowest BCUT2D eigenvalue weighted by molar-refractivity contribution is 0.0696. The fourth-order valence-electron chi connectivity index (χ4n) is 1.79. The van der Waals surface area contributed by atoms with Gasteiger partial charge in [0.25, 0.3) is 0 Å². The minimum Gasteiger partial charge on any atom is -0.478 e. The Morgan fingerprint density at radius 2 is 1.95 bits per heavy atom. The predicted molar refractivity (Wildman–Crippen MR) is 71.9 cm³/mol. The number of benzene rings is 1. The number of carbonyl (C=O) groups is 1. The van der Waals surface area contributed by atoms with E-state index in [1.807, 2.05) is 26.8 Å². The Hall–Kier alpha value is -2.36. The van der Waals surface area contributed by atoms with Crippen LogP contribution in [-0.4, -0.2) is 16.1 Å². The molecule has 0 spiro atoms. The van der Waals surface area contributed by atoms with Crippen LogP contribution < -0.4 is 4.74 Å². The summed E-state index contributed by atoms with van der Waals surface area (Å²) in [6, 6.07) is 7.06. The molecular formula is C15H15NO3. The zero-order valence-corrected chi connectivity index (χ0v) is 11.1. The Morgan fingerprint density at radius 1 is 1.21 bits per heavy atom. The maximum absolute atomic E-state index is 10.7. The molecule has 0 atom stereocenters. The molecule has 1 heterocycles. The van der Waals surface area contributed by atoms with Gasteiger partial charge >= 0.3 is 5.97 Å². The van der Waals surface area contributed by atoms with Gasteiger partial charge in [0, 0.05) is 12.3 Å². The van der Waals surface area contributed by atoms with E-state index in [-0.39, 0.29) is 5.56 Å². The van der Waals surface area contributed by atoms with Crippen molar-refractivity contribution >= 4 is 5.97 Å². The Kier molecular flexibility index (Phi) is 3.51. The quantitative estimate of drug-likeness (QED) is 0.914. The molecule has 0 amide bonds. The van der Waals surface area contributed by atoms with Crippen LogP contribution in [0.5, 0.6) is 11.6 Å². The van der Waals surface area contributed by atoms with E-state index in [4.69, 9.17) is 9.84 Å². The Balaban J connectivity index is 2.28. The number of nitrogens with zero attached hydrogens (tertiary/aromatic N) is 1. The van der Waals surface area contributed by atoms with E-state index >= 15 is 0 Å². The Morgan fingerprint density at radius 3 is 2.53 bits per heavy atom. The molecule has 0 saturated carbocycles. The molecule has 2 aromatic rings. The molecule has 0 aliphatic carbocycles. The summed E-state index contributed by atoms with van der Waals surface area (Å²) in [7, 11) is 0. The van der Waals surface area contributed by atoms with Crippen LogP contribution in [0.4, 0.5) is 0 Å². The third-order valence-corrected chi connectivity index (χ3v) is 2.96. The van der Waals surface area contributed by atoms with Crippen LogP contribution >= 0.6 is 0 Å². The fourth-order valence-corrected chi connectivity index (χ4v) is 1.79. The van der Waals surface area contributed by atoms with E-state index in [1.165, 1.54) is 12.3 Å². The average Bonchev–Trinajstić information content (AvgIpc) is 2.36. The van der Waals surface area contributed by atoms with Crippen LogP contribution in [0.3, 0.4) is 0 Å². The molecule has 4 heteroatoms. The van der Waals surface area contributed by atoms with Gasteiger partial charge in [-0.25, -0.2) is 9.78 Å². The first-order chi connectivity index (χ1) is 8.97. The minimum atomic E-state index is -0.998. The molecule has 0 aliphatic rings. The summed E-state index contributed by atoms with van der Waals surface area (Å²) in [4.78, 5) is 14.7. The maximum Gasteiger partial charge on any atom is 0.337 e. The van der Waals surface area contributed by atoms with Gasteiger partial charge < -0.3 is 9.84 Å². The summed E-state index contributed by atoms with van der Waals surface area (Å²) in [5.74, 6) is 0.132. The number of aromatic carboxylic acids is 1. The van der Waals surface area contributed by atoms with E-state index in [0.29, 0.717) is 5.88 Å². The Labute approximate surface area is 111 Å². The topological polar surface area (TPSA) is 59.4 Å². The molecule has 0 bridgehead atoms. The molecule has 19 heavy (non-hydrogen) atoms. The molecule has 0 unspecified atom stereocenters. The van der Waals surface area contributed by atoms with Crippen molar-refractivity contribution in [1.82, 2.24) is 4.98 Å². The molecule has 2 rings (SSSR count). The molecule has 1 aromatic carbocycles. The molecule has 4 nitrogen and oxygen atoms in total. The highest BCUT2D eigenvalue weighted by Crippen LogP contribution is 2.27.